The van der Waals surface area contributed by atoms with E-state index in [1.807, 2.05) is 5.06 Å². The van der Waals surface area contributed by atoms with Crippen molar-refractivity contribution in [2.24, 2.45) is 5.73 Å². The minimum Gasteiger partial charge on any atom is -0.320 e. The van der Waals surface area contributed by atoms with Crippen LogP contribution in [-0.2, 0) is 11.4 Å². The van der Waals surface area contributed by atoms with Crippen molar-refractivity contribution in [2.45, 2.75) is 38.3 Å². The maximum absolute atomic E-state index is 6.52. The molecule has 0 saturated carbocycles. The number of nitrogens with two attached hydrogens (primary N) is 1. The second-order valence-electron chi connectivity index (χ2n) is 5.86. The van der Waals surface area contributed by atoms with Crippen LogP contribution in [0.25, 0.3) is 0 Å². The standard InChI is InChI=1S/C18H20N2OS/c19-18-14-7-1-3-9-16(14)20(17-10-4-2-8-15(17)18)21-12-13-6-5-11-22-13/h1,3,5-7,9,11,18H,2,4,8,10,12,19H2. The van der Waals surface area contributed by atoms with Crippen molar-refractivity contribution in [2.75, 3.05) is 5.06 Å². The molecule has 2 aliphatic rings. The third-order valence-corrected chi connectivity index (χ3v) is 5.36. The fraction of sp³-hybridized carbons (Fsp3) is 0.333. The molecule has 0 amide bonds. The Morgan fingerprint density at radius 1 is 1.14 bits per heavy atom. The molecule has 0 bridgehead atoms. The van der Waals surface area contributed by atoms with Crippen LogP contribution in [0, 0.1) is 0 Å². The van der Waals surface area contributed by atoms with E-state index in [0.717, 1.165) is 18.5 Å². The number of allylic oxidation sites excluding steroid dienone is 1. The monoisotopic (exact) mass is 312 g/mol. The lowest BCUT2D eigenvalue weighted by atomic mass is 9.84. The summed E-state index contributed by atoms with van der Waals surface area (Å²) in [5.74, 6) is 0. The number of hydrogen-bond acceptors (Lipinski definition) is 4. The number of fused-ring (bicyclic) bond motifs is 1. The lowest BCUT2D eigenvalue weighted by molar-refractivity contribution is 0.107. The first kappa shape index (κ1) is 14.0. The first-order valence-electron chi connectivity index (χ1n) is 7.86. The Bertz CT molecular complexity index is 693. The van der Waals surface area contributed by atoms with E-state index in [-0.39, 0.29) is 6.04 Å². The van der Waals surface area contributed by atoms with Gasteiger partial charge >= 0.3 is 0 Å². The molecular weight excluding hydrogens is 292 g/mol. The molecule has 0 spiro atoms. The van der Waals surface area contributed by atoms with Gasteiger partial charge in [0.05, 0.1) is 11.7 Å². The number of hydrogen-bond donors (Lipinski definition) is 1. The molecule has 1 aromatic carbocycles. The highest BCUT2D eigenvalue weighted by Crippen LogP contribution is 2.44. The number of benzene rings is 1. The van der Waals surface area contributed by atoms with Gasteiger partial charge < -0.3 is 5.73 Å². The highest BCUT2D eigenvalue weighted by molar-refractivity contribution is 7.09. The number of hydroxylamine groups is 1. The van der Waals surface area contributed by atoms with E-state index in [2.05, 4.69) is 41.8 Å². The fourth-order valence-corrected chi connectivity index (χ4v) is 4.03. The maximum Gasteiger partial charge on any atom is 0.110 e. The summed E-state index contributed by atoms with van der Waals surface area (Å²) in [7, 11) is 0. The smallest absolute Gasteiger partial charge is 0.110 e. The van der Waals surface area contributed by atoms with Crippen molar-refractivity contribution in [1.82, 2.24) is 0 Å². The Morgan fingerprint density at radius 2 is 2.00 bits per heavy atom. The van der Waals surface area contributed by atoms with Gasteiger partial charge in [0.15, 0.2) is 0 Å². The van der Waals surface area contributed by atoms with Crippen LogP contribution in [0.15, 0.2) is 53.0 Å². The Balaban J connectivity index is 1.70. The molecule has 4 rings (SSSR count). The lowest BCUT2D eigenvalue weighted by Crippen LogP contribution is -2.34. The topological polar surface area (TPSA) is 38.5 Å². The quantitative estimate of drug-likeness (QED) is 0.905. The predicted molar refractivity (Wildman–Crippen MR) is 90.5 cm³/mol. The average Bonchev–Trinajstić information content (AvgIpc) is 3.08. The molecule has 1 atom stereocenters. The van der Waals surface area contributed by atoms with Crippen LogP contribution in [0.3, 0.4) is 0 Å². The van der Waals surface area contributed by atoms with E-state index >= 15 is 0 Å². The predicted octanol–water partition coefficient (Wildman–Crippen LogP) is 4.53. The molecule has 1 aliphatic heterocycles. The molecule has 22 heavy (non-hydrogen) atoms. The molecule has 0 radical (unpaired) electrons. The van der Waals surface area contributed by atoms with Gasteiger partial charge in [-0.1, -0.05) is 24.3 Å². The molecule has 2 aromatic rings. The van der Waals surface area contributed by atoms with E-state index < -0.39 is 0 Å². The number of rotatable bonds is 3. The molecule has 114 valence electrons. The van der Waals surface area contributed by atoms with Crippen molar-refractivity contribution in [3.8, 4) is 0 Å². The van der Waals surface area contributed by atoms with Crippen molar-refractivity contribution >= 4 is 17.0 Å². The molecule has 1 unspecified atom stereocenters. The van der Waals surface area contributed by atoms with Gasteiger partial charge in [-0.2, -0.15) is 0 Å². The van der Waals surface area contributed by atoms with E-state index in [1.165, 1.54) is 34.6 Å². The second kappa shape index (κ2) is 5.88. The first-order chi connectivity index (χ1) is 10.8. The average molecular weight is 312 g/mol. The van der Waals surface area contributed by atoms with Crippen molar-refractivity contribution in [3.05, 3.63) is 63.5 Å². The molecule has 1 aromatic heterocycles. The van der Waals surface area contributed by atoms with E-state index in [4.69, 9.17) is 10.6 Å². The Morgan fingerprint density at radius 3 is 2.86 bits per heavy atom. The van der Waals surface area contributed by atoms with Gasteiger partial charge in [0.2, 0.25) is 0 Å². The van der Waals surface area contributed by atoms with Crippen LogP contribution < -0.4 is 10.8 Å². The zero-order chi connectivity index (χ0) is 14.9. The van der Waals surface area contributed by atoms with Crippen LogP contribution in [0.5, 0.6) is 0 Å². The third-order valence-electron chi connectivity index (χ3n) is 4.51. The number of nitrogens with zero attached hydrogens (tertiary/aromatic N) is 1. The van der Waals surface area contributed by atoms with Gasteiger partial charge in [-0.3, -0.25) is 4.84 Å². The van der Waals surface area contributed by atoms with Crippen LogP contribution >= 0.6 is 11.3 Å². The first-order valence-corrected chi connectivity index (χ1v) is 8.74. The Hall–Kier alpha value is -1.62. The molecule has 1 aliphatic carbocycles. The normalized spacial score (nSPS) is 20.8. The van der Waals surface area contributed by atoms with Crippen LogP contribution in [0.4, 0.5) is 5.69 Å². The molecule has 0 saturated heterocycles. The van der Waals surface area contributed by atoms with Crippen LogP contribution in [0.1, 0.15) is 42.2 Å². The molecule has 4 heteroatoms. The number of anilines is 1. The zero-order valence-corrected chi connectivity index (χ0v) is 13.3. The lowest BCUT2D eigenvalue weighted by Gasteiger charge is -2.39. The number of para-hydroxylation sites is 1. The van der Waals surface area contributed by atoms with Crippen molar-refractivity contribution in [1.29, 1.82) is 0 Å². The summed E-state index contributed by atoms with van der Waals surface area (Å²) >= 11 is 1.73. The van der Waals surface area contributed by atoms with E-state index in [0.29, 0.717) is 6.61 Å². The van der Waals surface area contributed by atoms with E-state index in [1.54, 1.807) is 11.3 Å². The molecule has 2 heterocycles. The Labute approximate surface area is 135 Å². The minimum absolute atomic E-state index is 0.0214. The van der Waals surface area contributed by atoms with Crippen molar-refractivity contribution in [3.63, 3.8) is 0 Å². The van der Waals surface area contributed by atoms with Gasteiger partial charge in [-0.15, -0.1) is 11.3 Å². The van der Waals surface area contributed by atoms with E-state index in [9.17, 15) is 0 Å². The van der Waals surface area contributed by atoms with Crippen LogP contribution in [0.2, 0.25) is 0 Å². The van der Waals surface area contributed by atoms with Gasteiger partial charge in [0.1, 0.15) is 6.61 Å². The van der Waals surface area contributed by atoms with Gasteiger partial charge in [-0.05, 0) is 54.3 Å². The highest BCUT2D eigenvalue weighted by atomic mass is 32.1. The maximum atomic E-state index is 6.52. The summed E-state index contributed by atoms with van der Waals surface area (Å²) in [6, 6.07) is 12.6. The summed E-state index contributed by atoms with van der Waals surface area (Å²) < 4.78 is 0. The fourth-order valence-electron chi connectivity index (χ4n) is 3.42. The van der Waals surface area contributed by atoms with Gasteiger partial charge in [0.25, 0.3) is 0 Å². The minimum atomic E-state index is 0.0214. The molecular formula is C18H20N2OS. The SMILES string of the molecule is NC1C2=C(CCCC2)N(OCc2cccs2)c2ccccc21. The molecule has 0 fully saturated rings. The molecule has 3 nitrogen and oxygen atoms in total. The zero-order valence-electron chi connectivity index (χ0n) is 12.5. The summed E-state index contributed by atoms with van der Waals surface area (Å²) in [6.45, 7) is 0.609. The van der Waals surface area contributed by atoms with Gasteiger partial charge in [-0.25, -0.2) is 5.06 Å². The second-order valence-corrected chi connectivity index (χ2v) is 6.89. The summed E-state index contributed by atoms with van der Waals surface area (Å²) in [4.78, 5) is 7.44. The number of thiophene rings is 1. The largest absolute Gasteiger partial charge is 0.320 e. The van der Waals surface area contributed by atoms with Gasteiger partial charge in [0, 0.05) is 10.6 Å². The summed E-state index contributed by atoms with van der Waals surface area (Å²) in [6.07, 6.45) is 4.59. The highest BCUT2D eigenvalue weighted by Gasteiger charge is 2.32. The van der Waals surface area contributed by atoms with Crippen LogP contribution in [-0.4, -0.2) is 0 Å². The van der Waals surface area contributed by atoms with Crippen molar-refractivity contribution < 1.29 is 4.84 Å². The summed E-state index contributed by atoms with van der Waals surface area (Å²) in [5, 5.41) is 4.14. The summed E-state index contributed by atoms with van der Waals surface area (Å²) in [5.41, 5.74) is 11.4. The third kappa shape index (κ3) is 2.37. The Kier molecular flexibility index (Phi) is 3.74. The molecule has 2 N–H and O–H groups in total.